The van der Waals surface area contributed by atoms with Crippen molar-refractivity contribution in [2.45, 2.75) is 12.1 Å². The summed E-state index contributed by atoms with van der Waals surface area (Å²) >= 11 is 8.80. The monoisotopic (exact) mass is 364 g/mol. The van der Waals surface area contributed by atoms with Gasteiger partial charge in [-0.3, -0.25) is 0 Å². The zero-order valence-electron chi connectivity index (χ0n) is 10.0. The van der Waals surface area contributed by atoms with Crippen molar-refractivity contribution in [3.8, 4) is 11.5 Å². The van der Waals surface area contributed by atoms with E-state index in [1.54, 1.807) is 24.3 Å². The maximum Gasteiger partial charge on any atom is 0.419 e. The second-order valence-corrected chi connectivity index (χ2v) is 5.12. The summed E-state index contributed by atoms with van der Waals surface area (Å²) in [7, 11) is 0. The molecular weight excluding hydrogens is 357 g/mol. The standard InChI is InChI=1S/C14H9BrClF3O/c15-11-3-1-2-4-13(11)20-12-6-5-9(8-16)7-10(12)14(17,18)19/h1-7H,8H2. The van der Waals surface area contributed by atoms with Crippen LogP contribution in [0, 0.1) is 0 Å². The maximum absolute atomic E-state index is 13.0. The number of para-hydroxylation sites is 1. The summed E-state index contributed by atoms with van der Waals surface area (Å²) in [5.74, 6) is 0.0770. The van der Waals surface area contributed by atoms with Crippen molar-refractivity contribution in [2.75, 3.05) is 0 Å². The molecule has 0 aliphatic heterocycles. The minimum absolute atomic E-state index is 0.0123. The molecule has 0 aliphatic rings. The van der Waals surface area contributed by atoms with Gasteiger partial charge in [-0.1, -0.05) is 18.2 Å². The lowest BCUT2D eigenvalue weighted by atomic mass is 10.1. The molecule has 2 aromatic rings. The predicted octanol–water partition coefficient (Wildman–Crippen LogP) is 6.00. The Morgan fingerprint density at radius 1 is 1.05 bits per heavy atom. The van der Waals surface area contributed by atoms with Crippen LogP contribution in [0.3, 0.4) is 0 Å². The fourth-order valence-corrected chi connectivity index (χ4v) is 2.15. The number of alkyl halides is 4. The molecule has 2 rings (SSSR count). The number of halogens is 5. The van der Waals surface area contributed by atoms with Gasteiger partial charge in [-0.2, -0.15) is 13.2 Å². The van der Waals surface area contributed by atoms with Gasteiger partial charge >= 0.3 is 6.18 Å². The van der Waals surface area contributed by atoms with Crippen LogP contribution in [0.4, 0.5) is 13.2 Å². The summed E-state index contributed by atoms with van der Waals surface area (Å²) in [6.07, 6.45) is -4.50. The zero-order chi connectivity index (χ0) is 14.8. The normalized spacial score (nSPS) is 11.4. The molecule has 0 radical (unpaired) electrons. The Morgan fingerprint density at radius 2 is 1.75 bits per heavy atom. The highest BCUT2D eigenvalue weighted by Gasteiger charge is 2.35. The van der Waals surface area contributed by atoms with Gasteiger partial charge in [-0.15, -0.1) is 11.6 Å². The van der Waals surface area contributed by atoms with E-state index in [0.29, 0.717) is 15.8 Å². The third-order valence-corrected chi connectivity index (χ3v) is 3.52. The number of hydrogen-bond donors (Lipinski definition) is 0. The highest BCUT2D eigenvalue weighted by atomic mass is 79.9. The van der Waals surface area contributed by atoms with Crippen molar-refractivity contribution < 1.29 is 17.9 Å². The van der Waals surface area contributed by atoms with E-state index in [1.807, 2.05) is 0 Å². The Balaban J connectivity index is 2.44. The van der Waals surface area contributed by atoms with Crippen LogP contribution in [0.5, 0.6) is 11.5 Å². The third kappa shape index (κ3) is 3.46. The van der Waals surface area contributed by atoms with Crippen LogP contribution in [0.1, 0.15) is 11.1 Å². The molecule has 0 bridgehead atoms. The summed E-state index contributed by atoms with van der Waals surface area (Å²) in [5, 5.41) is 0. The molecule has 0 unspecified atom stereocenters. The summed E-state index contributed by atoms with van der Waals surface area (Å²) in [6.45, 7) is 0. The van der Waals surface area contributed by atoms with Gasteiger partial charge in [0.05, 0.1) is 10.0 Å². The third-order valence-electron chi connectivity index (χ3n) is 2.56. The first kappa shape index (κ1) is 15.2. The lowest BCUT2D eigenvalue weighted by molar-refractivity contribution is -0.138. The van der Waals surface area contributed by atoms with Crippen molar-refractivity contribution in [1.29, 1.82) is 0 Å². The first-order chi connectivity index (χ1) is 9.41. The van der Waals surface area contributed by atoms with Gasteiger partial charge in [0.2, 0.25) is 0 Å². The maximum atomic E-state index is 13.0. The van der Waals surface area contributed by atoms with Gasteiger partial charge < -0.3 is 4.74 Å². The largest absolute Gasteiger partial charge is 0.456 e. The highest BCUT2D eigenvalue weighted by Crippen LogP contribution is 2.40. The van der Waals surface area contributed by atoms with Crippen LogP contribution in [-0.2, 0) is 12.1 Å². The Morgan fingerprint density at radius 3 is 2.35 bits per heavy atom. The van der Waals surface area contributed by atoms with Gasteiger partial charge in [0.25, 0.3) is 0 Å². The fraction of sp³-hybridized carbons (Fsp3) is 0.143. The van der Waals surface area contributed by atoms with E-state index in [4.69, 9.17) is 16.3 Å². The first-order valence-corrected chi connectivity index (χ1v) is 6.93. The number of benzene rings is 2. The number of ether oxygens (including phenoxy) is 1. The van der Waals surface area contributed by atoms with Gasteiger partial charge in [0.1, 0.15) is 11.5 Å². The topological polar surface area (TPSA) is 9.23 Å². The second-order valence-electron chi connectivity index (χ2n) is 3.99. The lowest BCUT2D eigenvalue weighted by Gasteiger charge is -2.15. The first-order valence-electron chi connectivity index (χ1n) is 5.60. The van der Waals surface area contributed by atoms with Crippen molar-refractivity contribution in [3.05, 3.63) is 58.1 Å². The molecule has 0 N–H and O–H groups in total. The van der Waals surface area contributed by atoms with E-state index in [1.165, 1.54) is 12.1 Å². The van der Waals surface area contributed by atoms with Crippen LogP contribution in [-0.4, -0.2) is 0 Å². The smallest absolute Gasteiger partial charge is 0.419 e. The van der Waals surface area contributed by atoms with E-state index < -0.39 is 11.7 Å². The SMILES string of the molecule is FC(F)(F)c1cc(CCl)ccc1Oc1ccccc1Br. The summed E-state index contributed by atoms with van der Waals surface area (Å²) < 4.78 is 45.0. The van der Waals surface area contributed by atoms with Crippen LogP contribution < -0.4 is 4.74 Å². The Labute approximate surface area is 127 Å². The highest BCUT2D eigenvalue weighted by molar-refractivity contribution is 9.10. The molecular formula is C14H9BrClF3O. The summed E-state index contributed by atoms with van der Waals surface area (Å²) in [4.78, 5) is 0. The second kappa shape index (κ2) is 6.06. The molecule has 20 heavy (non-hydrogen) atoms. The molecule has 106 valence electrons. The van der Waals surface area contributed by atoms with Crippen molar-refractivity contribution >= 4 is 27.5 Å². The lowest BCUT2D eigenvalue weighted by Crippen LogP contribution is -2.08. The van der Waals surface area contributed by atoms with E-state index >= 15 is 0 Å². The summed E-state index contributed by atoms with van der Waals surface area (Å²) in [6, 6.07) is 10.5. The number of rotatable bonds is 3. The Hall–Kier alpha value is -1.20. The molecule has 0 aromatic heterocycles. The van der Waals surface area contributed by atoms with Crippen molar-refractivity contribution in [3.63, 3.8) is 0 Å². The zero-order valence-corrected chi connectivity index (χ0v) is 12.4. The summed E-state index contributed by atoms with van der Waals surface area (Å²) in [5.41, 5.74) is -0.454. The van der Waals surface area contributed by atoms with E-state index in [-0.39, 0.29) is 11.6 Å². The quantitative estimate of drug-likeness (QED) is 0.606. The minimum atomic E-state index is -4.50. The molecule has 0 heterocycles. The molecule has 1 nitrogen and oxygen atoms in total. The van der Waals surface area contributed by atoms with Crippen LogP contribution >= 0.6 is 27.5 Å². The molecule has 0 aliphatic carbocycles. The molecule has 6 heteroatoms. The van der Waals surface area contributed by atoms with Gasteiger partial charge in [0.15, 0.2) is 0 Å². The van der Waals surface area contributed by atoms with E-state index in [0.717, 1.165) is 6.07 Å². The van der Waals surface area contributed by atoms with Crippen LogP contribution in [0.25, 0.3) is 0 Å². The van der Waals surface area contributed by atoms with E-state index in [2.05, 4.69) is 15.9 Å². The minimum Gasteiger partial charge on any atom is -0.456 e. The van der Waals surface area contributed by atoms with Gasteiger partial charge in [-0.25, -0.2) is 0 Å². The van der Waals surface area contributed by atoms with Crippen molar-refractivity contribution in [2.24, 2.45) is 0 Å². The Bertz CT molecular complexity index is 614. The molecule has 0 saturated carbocycles. The molecule has 0 spiro atoms. The van der Waals surface area contributed by atoms with Crippen molar-refractivity contribution in [1.82, 2.24) is 0 Å². The Kier molecular flexibility index (Phi) is 4.60. The average Bonchev–Trinajstić information content (AvgIpc) is 2.40. The molecule has 0 fully saturated rings. The molecule has 0 amide bonds. The van der Waals surface area contributed by atoms with Gasteiger partial charge in [-0.05, 0) is 45.8 Å². The average molecular weight is 366 g/mol. The van der Waals surface area contributed by atoms with Gasteiger partial charge in [0, 0.05) is 5.88 Å². The molecule has 0 atom stereocenters. The van der Waals surface area contributed by atoms with Crippen LogP contribution in [0.2, 0.25) is 0 Å². The van der Waals surface area contributed by atoms with Crippen LogP contribution in [0.15, 0.2) is 46.9 Å². The fourth-order valence-electron chi connectivity index (χ4n) is 1.62. The molecule has 0 saturated heterocycles. The molecule has 2 aromatic carbocycles. The van der Waals surface area contributed by atoms with E-state index in [9.17, 15) is 13.2 Å². The number of hydrogen-bond acceptors (Lipinski definition) is 1. The predicted molar refractivity (Wildman–Crippen MR) is 75.2 cm³/mol.